The van der Waals surface area contributed by atoms with E-state index >= 15 is 0 Å². The zero-order valence-corrected chi connectivity index (χ0v) is 9.63. The van der Waals surface area contributed by atoms with Gasteiger partial charge in [0.1, 0.15) is 0 Å². The van der Waals surface area contributed by atoms with Crippen LogP contribution in [0.1, 0.15) is 40.5 Å². The van der Waals surface area contributed by atoms with Crippen molar-refractivity contribution >= 4 is 5.91 Å². The Hall–Kier alpha value is -0.530. The smallest absolute Gasteiger partial charge is 0.217 e. The summed E-state index contributed by atoms with van der Waals surface area (Å²) in [6.45, 7) is 8.68. The van der Waals surface area contributed by atoms with Gasteiger partial charge in [0.2, 0.25) is 5.91 Å². The van der Waals surface area contributed by atoms with E-state index in [2.05, 4.69) is 26.1 Å². The molecule has 3 aliphatic carbocycles. The van der Waals surface area contributed by atoms with Crippen LogP contribution in [-0.4, -0.2) is 11.9 Å². The van der Waals surface area contributed by atoms with E-state index in [1.165, 1.54) is 12.8 Å². The van der Waals surface area contributed by atoms with Crippen LogP contribution in [0.5, 0.6) is 0 Å². The largest absolute Gasteiger partial charge is 0.353 e. The normalized spacial score (nSPS) is 44.0. The number of carbonyl (C=O) groups excluding carboxylic acids is 1. The molecule has 0 aromatic rings. The Kier molecular flexibility index (Phi) is 2.13. The van der Waals surface area contributed by atoms with E-state index in [0.29, 0.717) is 17.4 Å². The molecular weight excluding hydrogens is 174 g/mol. The first-order valence-electron chi connectivity index (χ1n) is 5.70. The highest BCUT2D eigenvalue weighted by atomic mass is 16.1. The third-order valence-corrected chi connectivity index (χ3v) is 4.74. The third kappa shape index (κ3) is 1.27. The number of hydrogen-bond acceptors (Lipinski definition) is 1. The molecular formula is C12H21NO. The first-order chi connectivity index (χ1) is 6.43. The minimum atomic E-state index is 0.126. The van der Waals surface area contributed by atoms with Crippen LogP contribution in [0.4, 0.5) is 0 Å². The van der Waals surface area contributed by atoms with Crippen molar-refractivity contribution in [1.82, 2.24) is 5.32 Å². The monoisotopic (exact) mass is 195 g/mol. The number of fused-ring (bicyclic) bond motifs is 2. The van der Waals surface area contributed by atoms with Crippen molar-refractivity contribution in [3.8, 4) is 0 Å². The second-order valence-corrected chi connectivity index (χ2v) is 5.76. The van der Waals surface area contributed by atoms with Gasteiger partial charge in [0, 0.05) is 13.0 Å². The summed E-state index contributed by atoms with van der Waals surface area (Å²) < 4.78 is 0. The predicted molar refractivity (Wildman–Crippen MR) is 56.8 cm³/mol. The van der Waals surface area contributed by atoms with E-state index in [9.17, 15) is 4.79 Å². The summed E-state index contributed by atoms with van der Waals surface area (Å²) in [5.41, 5.74) is 0.522. The lowest BCUT2D eigenvalue weighted by molar-refractivity contribution is -0.132. The van der Waals surface area contributed by atoms with Crippen LogP contribution in [-0.2, 0) is 4.79 Å². The van der Waals surface area contributed by atoms with E-state index in [1.807, 2.05) is 0 Å². The Balaban J connectivity index is 2.04. The van der Waals surface area contributed by atoms with Crippen molar-refractivity contribution in [3.05, 3.63) is 0 Å². The van der Waals surface area contributed by atoms with Crippen LogP contribution in [0.15, 0.2) is 0 Å². The Morgan fingerprint density at radius 2 is 2.00 bits per heavy atom. The van der Waals surface area contributed by atoms with Crippen LogP contribution in [0.25, 0.3) is 0 Å². The van der Waals surface area contributed by atoms with Gasteiger partial charge in [-0.1, -0.05) is 20.8 Å². The summed E-state index contributed by atoms with van der Waals surface area (Å²) in [7, 11) is 0. The van der Waals surface area contributed by atoms with Gasteiger partial charge < -0.3 is 5.32 Å². The molecule has 0 aromatic carbocycles. The molecule has 3 fully saturated rings. The highest BCUT2D eigenvalue weighted by molar-refractivity contribution is 5.73. The number of nitrogens with one attached hydrogen (secondary N) is 1. The molecule has 14 heavy (non-hydrogen) atoms. The molecule has 1 N–H and O–H groups in total. The quantitative estimate of drug-likeness (QED) is 0.682. The first kappa shape index (κ1) is 10.0. The van der Waals surface area contributed by atoms with Crippen LogP contribution in [0.2, 0.25) is 0 Å². The molecule has 3 saturated carbocycles. The maximum Gasteiger partial charge on any atom is 0.217 e. The van der Waals surface area contributed by atoms with Gasteiger partial charge in [0.05, 0.1) is 0 Å². The second-order valence-electron chi connectivity index (χ2n) is 5.76. The highest BCUT2D eigenvalue weighted by Crippen LogP contribution is 2.61. The fourth-order valence-corrected chi connectivity index (χ4v) is 3.60. The van der Waals surface area contributed by atoms with E-state index < -0.39 is 0 Å². The van der Waals surface area contributed by atoms with Gasteiger partial charge in [-0.15, -0.1) is 0 Å². The maximum absolute atomic E-state index is 11.0. The molecule has 0 unspecified atom stereocenters. The molecule has 3 aliphatic rings. The van der Waals surface area contributed by atoms with Crippen LogP contribution >= 0.6 is 0 Å². The average Bonchev–Trinajstić information content (AvgIpc) is 2.06. The molecule has 0 spiro atoms. The van der Waals surface area contributed by atoms with Crippen molar-refractivity contribution in [1.29, 1.82) is 0 Å². The predicted octanol–water partition coefficient (Wildman–Crippen LogP) is 2.19. The number of hydrogen-bond donors (Lipinski definition) is 1. The lowest BCUT2D eigenvalue weighted by atomic mass is 9.45. The summed E-state index contributed by atoms with van der Waals surface area (Å²) in [6.07, 6.45) is 2.56. The second kappa shape index (κ2) is 2.98. The van der Waals surface area contributed by atoms with Crippen molar-refractivity contribution in [3.63, 3.8) is 0 Å². The molecule has 0 heterocycles. The van der Waals surface area contributed by atoms with Crippen LogP contribution < -0.4 is 5.32 Å². The third-order valence-electron chi connectivity index (χ3n) is 4.74. The molecule has 0 aromatic heterocycles. The van der Waals surface area contributed by atoms with E-state index in [4.69, 9.17) is 0 Å². The highest BCUT2D eigenvalue weighted by Gasteiger charge is 2.56. The molecule has 0 radical (unpaired) electrons. The molecule has 2 heteroatoms. The number of carbonyl (C=O) groups is 1. The minimum absolute atomic E-state index is 0.126. The van der Waals surface area contributed by atoms with Crippen molar-refractivity contribution < 1.29 is 4.79 Å². The van der Waals surface area contributed by atoms with Gasteiger partial charge in [0.25, 0.3) is 0 Å². The fraction of sp³-hybridized carbons (Fsp3) is 0.917. The Morgan fingerprint density at radius 3 is 2.43 bits per heavy atom. The lowest BCUT2D eigenvalue weighted by Crippen LogP contribution is -2.60. The number of amides is 1. The first-order valence-corrected chi connectivity index (χ1v) is 5.70. The van der Waals surface area contributed by atoms with Gasteiger partial charge in [-0.25, -0.2) is 0 Å². The fourth-order valence-electron chi connectivity index (χ4n) is 3.60. The van der Waals surface area contributed by atoms with Gasteiger partial charge in [-0.05, 0) is 36.0 Å². The standard InChI is InChI=1S/C12H21NO/c1-7-10-5-9(12(10,3)4)6-11(7)13-8(2)14/h7,9-11H,5-6H2,1-4H3,(H,13,14)/t7-,9+,10-,11-/m1/s1. The van der Waals surface area contributed by atoms with E-state index in [0.717, 1.165) is 11.8 Å². The van der Waals surface area contributed by atoms with E-state index in [-0.39, 0.29) is 5.91 Å². The zero-order chi connectivity index (χ0) is 10.5. The summed E-state index contributed by atoms with van der Waals surface area (Å²) >= 11 is 0. The summed E-state index contributed by atoms with van der Waals surface area (Å²) in [5.74, 6) is 2.43. The molecule has 80 valence electrons. The Labute approximate surface area is 86.5 Å². The molecule has 4 atom stereocenters. The van der Waals surface area contributed by atoms with E-state index in [1.54, 1.807) is 6.92 Å². The Morgan fingerprint density at radius 1 is 1.36 bits per heavy atom. The molecule has 1 amide bonds. The van der Waals surface area contributed by atoms with Gasteiger partial charge in [-0.3, -0.25) is 4.79 Å². The maximum atomic E-state index is 11.0. The Bertz CT molecular complexity index is 259. The van der Waals surface area contributed by atoms with Crippen LogP contribution in [0, 0.1) is 23.2 Å². The summed E-state index contributed by atoms with van der Waals surface area (Å²) in [5, 5.41) is 3.09. The minimum Gasteiger partial charge on any atom is -0.353 e. The van der Waals surface area contributed by atoms with Gasteiger partial charge in [0.15, 0.2) is 0 Å². The van der Waals surface area contributed by atoms with Gasteiger partial charge >= 0.3 is 0 Å². The topological polar surface area (TPSA) is 29.1 Å². The van der Waals surface area contributed by atoms with Crippen molar-refractivity contribution in [2.24, 2.45) is 23.2 Å². The van der Waals surface area contributed by atoms with Crippen LogP contribution in [0.3, 0.4) is 0 Å². The summed E-state index contributed by atoms with van der Waals surface area (Å²) in [4.78, 5) is 11.0. The summed E-state index contributed by atoms with van der Waals surface area (Å²) in [6, 6.07) is 0.435. The zero-order valence-electron chi connectivity index (χ0n) is 9.63. The molecule has 0 saturated heterocycles. The molecule has 2 bridgehead atoms. The lowest BCUT2D eigenvalue weighted by Gasteiger charge is -2.62. The van der Waals surface area contributed by atoms with Crippen molar-refractivity contribution in [2.45, 2.75) is 46.6 Å². The molecule has 3 rings (SSSR count). The molecule has 2 nitrogen and oxygen atoms in total. The number of rotatable bonds is 1. The molecule has 0 aliphatic heterocycles. The SMILES string of the molecule is CC(=O)N[C@@H]1C[C@@H]2C[C@H]([C@H]1C)C2(C)C. The average molecular weight is 195 g/mol. The van der Waals surface area contributed by atoms with Gasteiger partial charge in [-0.2, -0.15) is 0 Å². The van der Waals surface area contributed by atoms with Crippen molar-refractivity contribution in [2.75, 3.05) is 0 Å².